The molecule has 0 bridgehead atoms. The molecule has 0 aromatic rings. The molecule has 0 saturated heterocycles. The van der Waals surface area contributed by atoms with E-state index in [9.17, 15) is 4.79 Å². The van der Waals surface area contributed by atoms with Gasteiger partial charge in [0.05, 0.1) is 0 Å². The molecule has 3 heteroatoms. The van der Waals surface area contributed by atoms with E-state index in [1.807, 2.05) is 0 Å². The van der Waals surface area contributed by atoms with Crippen LogP contribution in [0.15, 0.2) is 0 Å². The van der Waals surface area contributed by atoms with Crippen molar-refractivity contribution in [3.05, 3.63) is 0 Å². The summed E-state index contributed by atoms with van der Waals surface area (Å²) in [6, 6.07) is -0.669. The third-order valence-corrected chi connectivity index (χ3v) is 3.18. The Hall–Kier alpha value is -0.570. The van der Waals surface area contributed by atoms with Crippen LogP contribution in [0.3, 0.4) is 0 Å². The third kappa shape index (κ3) is 3.29. The van der Waals surface area contributed by atoms with E-state index >= 15 is 0 Å². The average molecular weight is 199 g/mol. The zero-order valence-electron chi connectivity index (χ0n) is 9.07. The van der Waals surface area contributed by atoms with Crippen LogP contribution in [-0.4, -0.2) is 17.1 Å². The highest BCUT2D eigenvalue weighted by Gasteiger charge is 2.26. The van der Waals surface area contributed by atoms with Gasteiger partial charge < -0.3 is 10.8 Å². The van der Waals surface area contributed by atoms with Gasteiger partial charge in [0, 0.05) is 0 Å². The van der Waals surface area contributed by atoms with Crippen LogP contribution in [0.5, 0.6) is 0 Å². The highest BCUT2D eigenvalue weighted by molar-refractivity contribution is 5.73. The molecular formula is C11H21NO2. The topological polar surface area (TPSA) is 63.3 Å². The van der Waals surface area contributed by atoms with Gasteiger partial charge in [-0.25, -0.2) is 0 Å². The Morgan fingerprint density at radius 1 is 1.36 bits per heavy atom. The Balaban J connectivity index is 2.40. The first-order valence-electron chi connectivity index (χ1n) is 5.47. The molecule has 0 spiro atoms. The monoisotopic (exact) mass is 199 g/mol. The molecule has 0 aliphatic heterocycles. The standard InChI is InChI=1S/C11H21NO2/c1-7-3-8(2)5-9(4-7)6-10(12)11(13)14/h7-10H,3-6,12H2,1-2H3,(H,13,14). The number of hydrogen-bond acceptors (Lipinski definition) is 2. The van der Waals surface area contributed by atoms with Gasteiger partial charge in [0.2, 0.25) is 0 Å². The first-order valence-corrected chi connectivity index (χ1v) is 5.47. The van der Waals surface area contributed by atoms with E-state index in [-0.39, 0.29) is 0 Å². The van der Waals surface area contributed by atoms with E-state index < -0.39 is 12.0 Å². The normalized spacial score (nSPS) is 35.2. The average Bonchev–Trinajstić information content (AvgIpc) is 2.01. The number of rotatable bonds is 3. The molecule has 0 amide bonds. The molecule has 0 aromatic carbocycles. The van der Waals surface area contributed by atoms with Crippen molar-refractivity contribution in [2.75, 3.05) is 0 Å². The van der Waals surface area contributed by atoms with Crippen LogP contribution in [0.1, 0.15) is 39.5 Å². The van der Waals surface area contributed by atoms with E-state index in [4.69, 9.17) is 10.8 Å². The summed E-state index contributed by atoms with van der Waals surface area (Å²) in [7, 11) is 0. The summed E-state index contributed by atoms with van der Waals surface area (Å²) in [6.07, 6.45) is 4.21. The Morgan fingerprint density at radius 2 is 1.86 bits per heavy atom. The molecule has 82 valence electrons. The Bertz CT molecular complexity index is 195. The van der Waals surface area contributed by atoms with Gasteiger partial charge in [-0.05, 0) is 43.4 Å². The van der Waals surface area contributed by atoms with Crippen LogP contribution in [0.4, 0.5) is 0 Å². The molecule has 3 N–H and O–H groups in total. The second kappa shape index (κ2) is 4.78. The van der Waals surface area contributed by atoms with Gasteiger partial charge in [0.25, 0.3) is 0 Å². The summed E-state index contributed by atoms with van der Waals surface area (Å²) in [6.45, 7) is 4.49. The lowest BCUT2D eigenvalue weighted by atomic mass is 9.74. The highest BCUT2D eigenvalue weighted by atomic mass is 16.4. The first kappa shape index (κ1) is 11.5. The van der Waals surface area contributed by atoms with Crippen molar-refractivity contribution in [2.24, 2.45) is 23.5 Å². The molecule has 3 atom stereocenters. The quantitative estimate of drug-likeness (QED) is 0.729. The summed E-state index contributed by atoms with van der Waals surface area (Å²) in [4.78, 5) is 10.6. The van der Waals surface area contributed by atoms with Crippen LogP contribution in [0.25, 0.3) is 0 Å². The van der Waals surface area contributed by atoms with Crippen molar-refractivity contribution in [3.63, 3.8) is 0 Å². The summed E-state index contributed by atoms with van der Waals surface area (Å²) in [5.74, 6) is 1.10. The van der Waals surface area contributed by atoms with Crippen molar-refractivity contribution in [2.45, 2.75) is 45.6 Å². The van der Waals surface area contributed by atoms with Crippen LogP contribution in [-0.2, 0) is 4.79 Å². The smallest absolute Gasteiger partial charge is 0.320 e. The lowest BCUT2D eigenvalue weighted by molar-refractivity contribution is -0.139. The summed E-state index contributed by atoms with van der Waals surface area (Å²) < 4.78 is 0. The summed E-state index contributed by atoms with van der Waals surface area (Å²) in [5.41, 5.74) is 5.54. The van der Waals surface area contributed by atoms with Crippen molar-refractivity contribution >= 4 is 5.97 Å². The molecule has 0 radical (unpaired) electrons. The SMILES string of the molecule is CC1CC(C)CC(CC(N)C(=O)O)C1. The minimum Gasteiger partial charge on any atom is -0.480 e. The number of aliphatic carboxylic acids is 1. The van der Waals surface area contributed by atoms with Crippen molar-refractivity contribution in [1.82, 2.24) is 0 Å². The molecule has 1 aliphatic rings. The molecule has 0 heterocycles. The molecular weight excluding hydrogens is 178 g/mol. The number of nitrogens with two attached hydrogens (primary N) is 1. The van der Waals surface area contributed by atoms with Crippen LogP contribution >= 0.6 is 0 Å². The van der Waals surface area contributed by atoms with Gasteiger partial charge in [-0.1, -0.05) is 13.8 Å². The second-order valence-corrected chi connectivity index (χ2v) is 4.96. The predicted molar refractivity (Wildman–Crippen MR) is 55.9 cm³/mol. The zero-order valence-corrected chi connectivity index (χ0v) is 9.07. The van der Waals surface area contributed by atoms with Gasteiger partial charge in [-0.3, -0.25) is 4.79 Å². The molecule has 1 rings (SSSR count). The van der Waals surface area contributed by atoms with E-state index in [1.165, 1.54) is 6.42 Å². The fourth-order valence-electron chi connectivity index (χ4n) is 2.77. The Morgan fingerprint density at radius 3 is 2.29 bits per heavy atom. The van der Waals surface area contributed by atoms with Gasteiger partial charge in [-0.2, -0.15) is 0 Å². The highest BCUT2D eigenvalue weighted by Crippen LogP contribution is 2.34. The molecule has 3 nitrogen and oxygen atoms in total. The van der Waals surface area contributed by atoms with Crippen molar-refractivity contribution in [3.8, 4) is 0 Å². The fourth-order valence-corrected chi connectivity index (χ4v) is 2.77. The number of carboxylic acids is 1. The van der Waals surface area contributed by atoms with E-state index in [1.54, 1.807) is 0 Å². The molecule has 14 heavy (non-hydrogen) atoms. The maximum absolute atomic E-state index is 10.6. The largest absolute Gasteiger partial charge is 0.480 e. The van der Waals surface area contributed by atoms with Gasteiger partial charge >= 0.3 is 5.97 Å². The number of carbonyl (C=O) groups is 1. The first-order chi connectivity index (χ1) is 6.49. The zero-order chi connectivity index (χ0) is 10.7. The Kier molecular flexibility index (Phi) is 3.93. The minimum atomic E-state index is -0.865. The fraction of sp³-hybridized carbons (Fsp3) is 0.909. The molecule has 0 aromatic heterocycles. The maximum atomic E-state index is 10.6. The Labute approximate surface area is 85.7 Å². The summed E-state index contributed by atoms with van der Waals surface area (Å²) >= 11 is 0. The van der Waals surface area contributed by atoms with Crippen LogP contribution in [0, 0.1) is 17.8 Å². The molecule has 1 aliphatic carbocycles. The van der Waals surface area contributed by atoms with Gasteiger partial charge in [0.15, 0.2) is 0 Å². The maximum Gasteiger partial charge on any atom is 0.320 e. The third-order valence-electron chi connectivity index (χ3n) is 3.18. The lowest BCUT2D eigenvalue weighted by Crippen LogP contribution is -2.34. The minimum absolute atomic E-state index is 0.514. The van der Waals surface area contributed by atoms with Gasteiger partial charge in [0.1, 0.15) is 6.04 Å². The van der Waals surface area contributed by atoms with Crippen LogP contribution in [0.2, 0.25) is 0 Å². The number of hydrogen-bond donors (Lipinski definition) is 2. The second-order valence-electron chi connectivity index (χ2n) is 4.96. The lowest BCUT2D eigenvalue weighted by Gasteiger charge is -2.32. The van der Waals surface area contributed by atoms with Crippen molar-refractivity contribution in [1.29, 1.82) is 0 Å². The van der Waals surface area contributed by atoms with Crippen molar-refractivity contribution < 1.29 is 9.90 Å². The summed E-state index contributed by atoms with van der Waals surface area (Å²) in [5, 5.41) is 8.72. The van der Waals surface area contributed by atoms with Gasteiger partial charge in [-0.15, -0.1) is 0 Å². The van der Waals surface area contributed by atoms with E-state index in [2.05, 4.69) is 13.8 Å². The van der Waals surface area contributed by atoms with E-state index in [0.29, 0.717) is 12.3 Å². The molecule has 1 fully saturated rings. The predicted octanol–water partition coefficient (Wildman–Crippen LogP) is 1.86. The van der Waals surface area contributed by atoms with E-state index in [0.717, 1.165) is 24.7 Å². The molecule has 3 unspecified atom stereocenters. The molecule has 1 saturated carbocycles. The van der Waals surface area contributed by atoms with Crippen LogP contribution < -0.4 is 5.73 Å². The number of carboxylic acid groups (broad SMARTS) is 1.